The molecule has 2 rings (SSSR count). The molecular weight excluding hydrogens is 520 g/mol. The van der Waals surface area contributed by atoms with Gasteiger partial charge in [-0.05, 0) is 42.9 Å². The Morgan fingerprint density at radius 2 is 1.45 bits per heavy atom. The van der Waals surface area contributed by atoms with Crippen LogP contribution in [0.3, 0.4) is 0 Å². The minimum Gasteiger partial charge on any atom is -0.396 e. The third kappa shape index (κ3) is 8.28. The highest BCUT2D eigenvalue weighted by Crippen LogP contribution is 2.49. The number of nitrogens with zero attached hydrogens (tertiary/aromatic N) is 4. The lowest BCUT2D eigenvalue weighted by molar-refractivity contribution is 0.0893. The van der Waals surface area contributed by atoms with Crippen molar-refractivity contribution in [3.63, 3.8) is 0 Å². The molecule has 2 aromatic rings. The molecule has 3 atom stereocenters. The normalized spacial score (nSPS) is 12.8. The molecule has 0 fully saturated rings. The molecule has 0 aliphatic rings. The van der Waals surface area contributed by atoms with E-state index in [0.717, 1.165) is 0 Å². The van der Waals surface area contributed by atoms with E-state index in [1.807, 2.05) is 0 Å². The quantitative estimate of drug-likeness (QED) is 0.122. The van der Waals surface area contributed by atoms with Crippen molar-refractivity contribution in [3.8, 4) is 0 Å². The zero-order valence-corrected chi connectivity index (χ0v) is 22.0. The first-order valence-corrected chi connectivity index (χ1v) is 13.0. The summed E-state index contributed by atoms with van der Waals surface area (Å²) >= 11 is 0. The van der Waals surface area contributed by atoms with E-state index in [2.05, 4.69) is 20.0 Å². The van der Waals surface area contributed by atoms with Gasteiger partial charge in [0.25, 0.3) is 0 Å². The van der Waals surface area contributed by atoms with Crippen LogP contribution in [0.1, 0.15) is 86.3 Å². The summed E-state index contributed by atoms with van der Waals surface area (Å²) in [4.78, 5) is 59.7. The van der Waals surface area contributed by atoms with Crippen LogP contribution in [0.2, 0.25) is 0 Å². The number of benzene rings is 2. The van der Waals surface area contributed by atoms with Gasteiger partial charge in [-0.15, -0.1) is 0 Å². The monoisotopic (exact) mass is 552 g/mol. The lowest BCUT2D eigenvalue weighted by Gasteiger charge is -2.28. The van der Waals surface area contributed by atoms with E-state index < -0.39 is 24.9 Å². The number of rotatable bonds is 18. The lowest BCUT2D eigenvalue weighted by atomic mass is 9.81. The highest BCUT2D eigenvalue weighted by Gasteiger charge is 2.32. The van der Waals surface area contributed by atoms with E-state index in [4.69, 9.17) is 5.11 Å². The SMILES string of the molecule is O=C=NCCCCCC(N=C=O)c1c(C(O)CO)c(C(O)CCCCCO)c2c(N=C=O)cccc2c1N=C=O. The van der Waals surface area contributed by atoms with Gasteiger partial charge >= 0.3 is 0 Å². The molecule has 0 aromatic heterocycles. The molecule has 212 valence electrons. The van der Waals surface area contributed by atoms with E-state index in [1.54, 1.807) is 12.1 Å². The molecule has 0 saturated carbocycles. The molecule has 0 saturated heterocycles. The molecule has 0 amide bonds. The Kier molecular flexibility index (Phi) is 14.2. The molecule has 0 heterocycles. The van der Waals surface area contributed by atoms with Crippen LogP contribution < -0.4 is 0 Å². The summed E-state index contributed by atoms with van der Waals surface area (Å²) in [6, 6.07) is 3.63. The van der Waals surface area contributed by atoms with Gasteiger partial charge in [0.1, 0.15) is 6.10 Å². The number of carbonyl (C=O) groups excluding carboxylic acids is 4. The van der Waals surface area contributed by atoms with Gasteiger partial charge in [-0.1, -0.05) is 37.8 Å². The van der Waals surface area contributed by atoms with Gasteiger partial charge in [0.15, 0.2) is 0 Å². The summed E-state index contributed by atoms with van der Waals surface area (Å²) in [6.07, 6.45) is 6.82. The number of hydrogen-bond acceptors (Lipinski definition) is 12. The first kappa shape index (κ1) is 32.3. The number of aliphatic imine (C=N–C) groups is 4. The van der Waals surface area contributed by atoms with Crippen molar-refractivity contribution in [1.29, 1.82) is 0 Å². The zero-order valence-electron chi connectivity index (χ0n) is 22.0. The summed E-state index contributed by atoms with van der Waals surface area (Å²) in [7, 11) is 0. The first-order valence-electron chi connectivity index (χ1n) is 13.0. The van der Waals surface area contributed by atoms with Crippen LogP contribution in [0.4, 0.5) is 11.4 Å². The Labute approximate surface area is 230 Å². The number of fused-ring (bicyclic) bond motifs is 1. The van der Waals surface area contributed by atoms with Crippen molar-refractivity contribution in [2.75, 3.05) is 19.8 Å². The fourth-order valence-corrected chi connectivity index (χ4v) is 4.87. The van der Waals surface area contributed by atoms with Crippen LogP contribution in [0, 0.1) is 0 Å². The van der Waals surface area contributed by atoms with Gasteiger partial charge in [0.05, 0.1) is 36.7 Å². The molecule has 12 nitrogen and oxygen atoms in total. The zero-order chi connectivity index (χ0) is 29.3. The Bertz CT molecular complexity index is 1340. The van der Waals surface area contributed by atoms with Gasteiger partial charge in [-0.3, -0.25) is 0 Å². The number of aliphatic hydroxyl groups is 4. The minimum atomic E-state index is -1.60. The van der Waals surface area contributed by atoms with Crippen molar-refractivity contribution < 1.29 is 39.6 Å². The van der Waals surface area contributed by atoms with E-state index in [0.29, 0.717) is 38.5 Å². The van der Waals surface area contributed by atoms with Crippen LogP contribution in [0.15, 0.2) is 38.2 Å². The largest absolute Gasteiger partial charge is 0.396 e. The van der Waals surface area contributed by atoms with Crippen molar-refractivity contribution >= 4 is 46.5 Å². The van der Waals surface area contributed by atoms with Crippen LogP contribution >= 0.6 is 0 Å². The van der Waals surface area contributed by atoms with Gasteiger partial charge in [0.2, 0.25) is 24.3 Å². The molecule has 3 unspecified atom stereocenters. The second-order valence-corrected chi connectivity index (χ2v) is 9.04. The molecule has 40 heavy (non-hydrogen) atoms. The Hall–Kier alpha value is -3.94. The second-order valence-electron chi connectivity index (χ2n) is 9.04. The second kappa shape index (κ2) is 17.6. The van der Waals surface area contributed by atoms with E-state index in [-0.39, 0.29) is 64.8 Å². The minimum absolute atomic E-state index is 0.00163. The maximum Gasteiger partial charge on any atom is 0.240 e. The third-order valence-corrected chi connectivity index (χ3v) is 6.55. The maximum absolute atomic E-state index is 11.6. The molecule has 12 heteroatoms. The van der Waals surface area contributed by atoms with Gasteiger partial charge in [0, 0.05) is 22.9 Å². The third-order valence-electron chi connectivity index (χ3n) is 6.55. The maximum atomic E-state index is 11.6. The molecule has 0 radical (unpaired) electrons. The first-order chi connectivity index (χ1) is 19.5. The van der Waals surface area contributed by atoms with Gasteiger partial charge in [-0.2, -0.15) is 15.0 Å². The van der Waals surface area contributed by atoms with Crippen molar-refractivity contribution in [2.45, 2.75) is 69.6 Å². The average molecular weight is 553 g/mol. The number of isocyanates is 4. The highest BCUT2D eigenvalue weighted by atomic mass is 16.3. The fourth-order valence-electron chi connectivity index (χ4n) is 4.87. The summed E-state index contributed by atoms with van der Waals surface area (Å²) in [5.74, 6) is 0. The van der Waals surface area contributed by atoms with E-state index in [9.17, 15) is 34.5 Å². The van der Waals surface area contributed by atoms with Crippen LogP contribution in [-0.4, -0.2) is 64.5 Å². The molecule has 0 aliphatic carbocycles. The van der Waals surface area contributed by atoms with E-state index in [1.165, 1.54) is 30.4 Å². The van der Waals surface area contributed by atoms with Crippen LogP contribution in [-0.2, 0) is 19.2 Å². The van der Waals surface area contributed by atoms with Crippen molar-refractivity contribution in [1.82, 2.24) is 0 Å². The Balaban J connectivity index is 2.93. The predicted octanol–water partition coefficient (Wildman–Crippen LogP) is 3.66. The highest BCUT2D eigenvalue weighted by molar-refractivity contribution is 6.05. The Morgan fingerprint density at radius 3 is 2.10 bits per heavy atom. The van der Waals surface area contributed by atoms with Crippen LogP contribution in [0.5, 0.6) is 0 Å². The van der Waals surface area contributed by atoms with Crippen molar-refractivity contribution in [3.05, 3.63) is 34.9 Å². The molecule has 4 N–H and O–H groups in total. The summed E-state index contributed by atoms with van der Waals surface area (Å²) in [6.45, 7) is -0.517. The van der Waals surface area contributed by atoms with Crippen LogP contribution in [0.25, 0.3) is 10.8 Å². The number of unbranched alkanes of at least 4 members (excludes halogenated alkanes) is 4. The lowest BCUT2D eigenvalue weighted by Crippen LogP contribution is -2.16. The molecule has 0 spiro atoms. The van der Waals surface area contributed by atoms with Gasteiger partial charge in [-0.25, -0.2) is 24.2 Å². The number of hydrogen-bond donors (Lipinski definition) is 4. The van der Waals surface area contributed by atoms with E-state index >= 15 is 0 Å². The molecule has 0 bridgehead atoms. The summed E-state index contributed by atoms with van der Waals surface area (Å²) < 4.78 is 0. The summed E-state index contributed by atoms with van der Waals surface area (Å²) in [5, 5.41) is 42.2. The standard InChI is InChI=1S/C28H32N4O8/c33-13-6-2-4-11-22(39)26-24-19(8-7-10-20(24)30-16-36)28(32-18-38)25(27(26)23(40)14-34)21(31-17-37)9-3-1-5-12-29-15-35/h7-8,10,21-23,33-34,39-40H,1-6,9,11-14H2. The topological polar surface area (TPSA) is 199 Å². The predicted molar refractivity (Wildman–Crippen MR) is 144 cm³/mol. The molecule has 2 aromatic carbocycles. The summed E-state index contributed by atoms with van der Waals surface area (Å²) in [5.41, 5.74) is 0.344. The van der Waals surface area contributed by atoms with Gasteiger partial charge < -0.3 is 20.4 Å². The Morgan fingerprint density at radius 1 is 0.725 bits per heavy atom. The number of aliphatic hydroxyl groups excluding tert-OH is 4. The molecular formula is C28H32N4O8. The van der Waals surface area contributed by atoms with Crippen molar-refractivity contribution in [2.24, 2.45) is 20.0 Å². The molecule has 0 aliphatic heterocycles. The smallest absolute Gasteiger partial charge is 0.240 e. The average Bonchev–Trinajstić information content (AvgIpc) is 2.96. The fraction of sp³-hybridized carbons (Fsp3) is 0.500.